The van der Waals surface area contributed by atoms with E-state index in [0.717, 1.165) is 0 Å². The second kappa shape index (κ2) is 5.43. The first-order valence-electron chi connectivity index (χ1n) is 5.71. The third-order valence-electron chi connectivity index (χ3n) is 2.23. The molecule has 0 aliphatic carbocycles. The number of nitrogens with one attached hydrogen (secondary N) is 1. The van der Waals surface area contributed by atoms with Crippen molar-refractivity contribution in [3.8, 4) is 0 Å². The van der Waals surface area contributed by atoms with E-state index in [1.807, 2.05) is 0 Å². The van der Waals surface area contributed by atoms with Gasteiger partial charge in [-0.05, 0) is 24.1 Å². The zero-order valence-electron chi connectivity index (χ0n) is 10.4. The van der Waals surface area contributed by atoms with Crippen LogP contribution in [-0.2, 0) is 16.0 Å². The number of aliphatic carboxylic acids is 1. The zero-order valence-corrected chi connectivity index (χ0v) is 9.37. The van der Waals surface area contributed by atoms with Crippen LogP contribution in [0.3, 0.4) is 0 Å². The Labute approximate surface area is 99.9 Å². The molecule has 0 heterocycles. The summed E-state index contributed by atoms with van der Waals surface area (Å²) >= 11 is 0. The molecule has 17 heavy (non-hydrogen) atoms. The maximum Gasteiger partial charge on any atom is 0.326 e. The standard InChI is InChI=1S/C12H14FNO3/c1-7-5-9(3-4-10(7)13)6-11(12(16)17)14-8(2)15/h3-5,11H,6H2,1-2H3,(H,14,15)(H,16,17)/t11-/m0/s1/i1D. The molecule has 0 saturated carbocycles. The van der Waals surface area contributed by atoms with Crippen LogP contribution >= 0.6 is 0 Å². The molecule has 0 saturated heterocycles. The Kier molecular flexibility index (Phi) is 3.69. The number of halogens is 1. The Morgan fingerprint density at radius 3 is 2.82 bits per heavy atom. The molecule has 4 nitrogen and oxygen atoms in total. The summed E-state index contributed by atoms with van der Waals surface area (Å²) in [6, 6.07) is 3.05. The van der Waals surface area contributed by atoms with Crippen LogP contribution in [0.25, 0.3) is 0 Å². The normalized spacial score (nSPS) is 12.7. The van der Waals surface area contributed by atoms with Gasteiger partial charge in [-0.2, -0.15) is 0 Å². The number of benzene rings is 1. The number of carboxylic acids is 1. The van der Waals surface area contributed by atoms with Gasteiger partial charge in [0.1, 0.15) is 11.9 Å². The van der Waals surface area contributed by atoms with Crippen LogP contribution in [-0.4, -0.2) is 23.0 Å². The highest BCUT2D eigenvalue weighted by molar-refractivity contribution is 5.82. The van der Waals surface area contributed by atoms with Crippen molar-refractivity contribution in [2.75, 3.05) is 0 Å². The number of carboxylic acid groups (broad SMARTS) is 1. The van der Waals surface area contributed by atoms with E-state index in [9.17, 15) is 14.0 Å². The third kappa shape index (κ3) is 3.86. The highest BCUT2D eigenvalue weighted by atomic mass is 19.1. The number of rotatable bonds is 4. The number of hydrogen-bond acceptors (Lipinski definition) is 2. The van der Waals surface area contributed by atoms with Gasteiger partial charge in [0.15, 0.2) is 0 Å². The van der Waals surface area contributed by atoms with E-state index in [0.29, 0.717) is 5.56 Å². The zero-order chi connectivity index (χ0) is 13.7. The quantitative estimate of drug-likeness (QED) is 0.832. The number of aryl methyl sites for hydroxylation is 1. The van der Waals surface area contributed by atoms with Crippen molar-refractivity contribution in [2.24, 2.45) is 0 Å². The number of carbonyl (C=O) groups is 2. The minimum Gasteiger partial charge on any atom is -0.480 e. The molecule has 92 valence electrons. The summed E-state index contributed by atoms with van der Waals surface area (Å²) in [4.78, 5) is 21.8. The van der Waals surface area contributed by atoms with E-state index in [1.54, 1.807) is 0 Å². The molecule has 0 aliphatic rings. The maximum absolute atomic E-state index is 13.2. The molecule has 5 heteroatoms. The van der Waals surface area contributed by atoms with E-state index in [-0.39, 0.29) is 18.9 Å². The van der Waals surface area contributed by atoms with Gasteiger partial charge in [-0.25, -0.2) is 9.18 Å². The van der Waals surface area contributed by atoms with Crippen molar-refractivity contribution < 1.29 is 20.5 Å². The molecular formula is C12H14FNO3. The van der Waals surface area contributed by atoms with Gasteiger partial charge in [-0.15, -0.1) is 0 Å². The van der Waals surface area contributed by atoms with Crippen molar-refractivity contribution >= 4 is 11.9 Å². The Morgan fingerprint density at radius 2 is 2.29 bits per heavy atom. The van der Waals surface area contributed by atoms with Gasteiger partial charge in [0.25, 0.3) is 0 Å². The molecule has 0 radical (unpaired) electrons. The van der Waals surface area contributed by atoms with Crippen LogP contribution in [0.15, 0.2) is 18.2 Å². The van der Waals surface area contributed by atoms with Gasteiger partial charge in [0.2, 0.25) is 5.91 Å². The predicted molar refractivity (Wildman–Crippen MR) is 60.1 cm³/mol. The minimum absolute atomic E-state index is 0.0577. The fourth-order valence-corrected chi connectivity index (χ4v) is 1.44. The molecule has 1 amide bonds. The summed E-state index contributed by atoms with van der Waals surface area (Å²) in [5.41, 5.74) is 0.777. The molecule has 0 unspecified atom stereocenters. The van der Waals surface area contributed by atoms with Gasteiger partial charge < -0.3 is 10.4 Å². The average molecular weight is 240 g/mol. The summed E-state index contributed by atoms with van der Waals surface area (Å²) in [5, 5.41) is 11.2. The summed E-state index contributed by atoms with van der Waals surface area (Å²) < 4.78 is 20.3. The van der Waals surface area contributed by atoms with Crippen LogP contribution in [0.5, 0.6) is 0 Å². The van der Waals surface area contributed by atoms with Gasteiger partial charge >= 0.3 is 5.97 Å². The molecule has 2 N–H and O–H groups in total. The Bertz CT molecular complexity index is 465. The average Bonchev–Trinajstić information content (AvgIpc) is 2.29. The Morgan fingerprint density at radius 1 is 1.59 bits per heavy atom. The molecule has 0 aliphatic heterocycles. The van der Waals surface area contributed by atoms with Crippen molar-refractivity contribution in [3.63, 3.8) is 0 Å². The van der Waals surface area contributed by atoms with Crippen LogP contribution < -0.4 is 5.32 Å². The first-order valence-corrected chi connectivity index (χ1v) is 5.00. The molecule has 1 aromatic rings. The van der Waals surface area contributed by atoms with Crippen molar-refractivity contribution in [1.82, 2.24) is 5.32 Å². The lowest BCUT2D eigenvalue weighted by molar-refractivity contribution is -0.141. The molecule has 1 rings (SSSR count). The van der Waals surface area contributed by atoms with Gasteiger partial charge in [0.05, 0.1) is 0 Å². The second-order valence-corrected chi connectivity index (χ2v) is 3.72. The van der Waals surface area contributed by atoms with Gasteiger partial charge in [-0.3, -0.25) is 4.79 Å². The first kappa shape index (κ1) is 11.6. The summed E-state index contributed by atoms with van der Waals surface area (Å²) in [5.74, 6) is -2.08. The smallest absolute Gasteiger partial charge is 0.326 e. The molecule has 0 bridgehead atoms. The van der Waals surface area contributed by atoms with E-state index < -0.39 is 23.7 Å². The van der Waals surface area contributed by atoms with E-state index >= 15 is 0 Å². The summed E-state index contributed by atoms with van der Waals surface area (Å²) in [6.07, 6.45) is 0.0577. The maximum atomic E-state index is 13.2. The highest BCUT2D eigenvalue weighted by Gasteiger charge is 2.18. The lowest BCUT2D eigenvalue weighted by Gasteiger charge is -2.13. The fraction of sp³-hybridized carbons (Fsp3) is 0.333. The molecule has 1 aromatic carbocycles. The highest BCUT2D eigenvalue weighted by Crippen LogP contribution is 2.11. The van der Waals surface area contributed by atoms with Crippen LogP contribution in [0, 0.1) is 12.7 Å². The number of amides is 1. The molecular weight excluding hydrogens is 225 g/mol. The topological polar surface area (TPSA) is 66.4 Å². The Hall–Kier alpha value is -1.91. The number of hydrogen-bond donors (Lipinski definition) is 2. The van der Waals surface area contributed by atoms with Crippen LogP contribution in [0.1, 0.15) is 19.4 Å². The summed E-state index contributed by atoms with van der Waals surface area (Å²) in [6.45, 7) is 1.02. The minimum atomic E-state index is -1.15. The van der Waals surface area contributed by atoms with Gasteiger partial charge in [-0.1, -0.05) is 12.1 Å². The SMILES string of the molecule is [2H]Cc1cc(C[C@H](NC(C)=O)C(=O)O)ccc1F. The van der Waals surface area contributed by atoms with Crippen LogP contribution in [0.4, 0.5) is 4.39 Å². The lowest BCUT2D eigenvalue weighted by atomic mass is 10.0. The van der Waals surface area contributed by atoms with E-state index in [1.165, 1.54) is 25.1 Å². The van der Waals surface area contributed by atoms with E-state index in [2.05, 4.69) is 5.32 Å². The summed E-state index contributed by atoms with van der Waals surface area (Å²) in [7, 11) is 0. The first-order chi connectivity index (χ1) is 8.43. The molecule has 1 atom stereocenters. The van der Waals surface area contributed by atoms with Crippen molar-refractivity contribution in [2.45, 2.75) is 26.3 Å². The molecule has 0 fully saturated rings. The third-order valence-corrected chi connectivity index (χ3v) is 2.23. The molecule has 0 aromatic heterocycles. The number of carbonyl (C=O) groups excluding carboxylic acids is 1. The second-order valence-electron chi connectivity index (χ2n) is 3.72. The largest absolute Gasteiger partial charge is 0.480 e. The van der Waals surface area contributed by atoms with Crippen molar-refractivity contribution in [1.29, 1.82) is 0 Å². The Balaban J connectivity index is 2.87. The van der Waals surface area contributed by atoms with Crippen molar-refractivity contribution in [3.05, 3.63) is 35.1 Å². The van der Waals surface area contributed by atoms with Gasteiger partial charge in [0, 0.05) is 14.7 Å². The van der Waals surface area contributed by atoms with E-state index in [4.69, 9.17) is 6.48 Å². The molecule has 0 spiro atoms. The monoisotopic (exact) mass is 240 g/mol. The predicted octanol–water partition coefficient (Wildman–Crippen LogP) is 1.27. The van der Waals surface area contributed by atoms with Crippen LogP contribution in [0.2, 0.25) is 0 Å². The fourth-order valence-electron chi connectivity index (χ4n) is 1.44. The lowest BCUT2D eigenvalue weighted by Crippen LogP contribution is -2.41.